The summed E-state index contributed by atoms with van der Waals surface area (Å²) in [5, 5.41) is 0. The predicted molar refractivity (Wildman–Crippen MR) is 108 cm³/mol. The van der Waals surface area contributed by atoms with Gasteiger partial charge in [-0.1, -0.05) is 19.9 Å². The maximum atomic E-state index is 13.1. The van der Waals surface area contributed by atoms with Crippen LogP contribution in [0, 0.1) is 11.8 Å². The number of nitrogens with zero attached hydrogens (tertiary/aromatic N) is 3. The van der Waals surface area contributed by atoms with E-state index >= 15 is 0 Å². The van der Waals surface area contributed by atoms with Crippen molar-refractivity contribution in [3.05, 3.63) is 59.9 Å². The van der Waals surface area contributed by atoms with Crippen molar-refractivity contribution in [2.75, 3.05) is 20.1 Å². The van der Waals surface area contributed by atoms with Crippen LogP contribution in [-0.2, 0) is 16.6 Å². The molecular weight excluding hydrogens is 374 g/mol. The number of amides is 1. The van der Waals surface area contributed by atoms with Crippen molar-refractivity contribution in [2.24, 2.45) is 11.8 Å². The van der Waals surface area contributed by atoms with Crippen molar-refractivity contribution in [1.29, 1.82) is 0 Å². The molecule has 2 aromatic rings. The van der Waals surface area contributed by atoms with Gasteiger partial charge < -0.3 is 4.90 Å². The van der Waals surface area contributed by atoms with Crippen molar-refractivity contribution < 1.29 is 13.2 Å². The lowest BCUT2D eigenvalue weighted by atomic mass is 9.94. The van der Waals surface area contributed by atoms with Gasteiger partial charge in [-0.25, -0.2) is 8.42 Å². The molecule has 1 aromatic heterocycles. The molecule has 0 bridgehead atoms. The molecule has 2 unspecified atom stereocenters. The summed E-state index contributed by atoms with van der Waals surface area (Å²) in [6, 6.07) is 10.1. The van der Waals surface area contributed by atoms with E-state index in [2.05, 4.69) is 18.8 Å². The Balaban J connectivity index is 1.80. The highest BCUT2D eigenvalue weighted by molar-refractivity contribution is 7.89. The fourth-order valence-corrected chi connectivity index (χ4v) is 5.52. The highest BCUT2D eigenvalue weighted by atomic mass is 32.2. The lowest BCUT2D eigenvalue weighted by molar-refractivity contribution is 0.0785. The molecular formula is C21H27N3O3S. The lowest BCUT2D eigenvalue weighted by Gasteiger charge is -2.34. The molecule has 1 fully saturated rings. The van der Waals surface area contributed by atoms with Gasteiger partial charge in [0.1, 0.15) is 0 Å². The number of carbonyl (C=O) groups is 1. The molecule has 0 saturated carbocycles. The summed E-state index contributed by atoms with van der Waals surface area (Å²) < 4.78 is 27.8. The zero-order chi connectivity index (χ0) is 20.3. The van der Waals surface area contributed by atoms with Crippen molar-refractivity contribution in [3.63, 3.8) is 0 Å². The number of pyridine rings is 1. The molecule has 150 valence electrons. The molecule has 3 rings (SSSR count). The summed E-state index contributed by atoms with van der Waals surface area (Å²) in [4.78, 5) is 18.5. The SMILES string of the molecule is CC1CC(C)CN(S(=O)(=O)c2cccc(C(=O)N(C)Cc3ccncc3)c2)C1. The molecule has 2 heterocycles. The summed E-state index contributed by atoms with van der Waals surface area (Å²) >= 11 is 0. The van der Waals surface area contributed by atoms with Gasteiger partial charge in [0.25, 0.3) is 5.91 Å². The third-order valence-corrected chi connectivity index (χ3v) is 6.90. The van der Waals surface area contributed by atoms with Crippen LogP contribution in [0.2, 0.25) is 0 Å². The van der Waals surface area contributed by atoms with Gasteiger partial charge in [0, 0.05) is 44.6 Å². The van der Waals surface area contributed by atoms with Gasteiger partial charge in [-0.2, -0.15) is 4.31 Å². The molecule has 6 nitrogen and oxygen atoms in total. The van der Waals surface area contributed by atoms with E-state index < -0.39 is 10.0 Å². The summed E-state index contributed by atoms with van der Waals surface area (Å²) in [6.07, 6.45) is 4.40. The zero-order valence-corrected chi connectivity index (χ0v) is 17.4. The Hall–Kier alpha value is -2.25. The number of piperidine rings is 1. The molecule has 1 aliphatic rings. The molecule has 0 N–H and O–H groups in total. The van der Waals surface area contributed by atoms with Crippen molar-refractivity contribution in [2.45, 2.75) is 31.7 Å². The minimum atomic E-state index is -3.61. The number of hydrogen-bond donors (Lipinski definition) is 0. The van der Waals surface area contributed by atoms with Gasteiger partial charge in [-0.3, -0.25) is 9.78 Å². The quantitative estimate of drug-likeness (QED) is 0.772. The van der Waals surface area contributed by atoms with E-state index in [4.69, 9.17) is 0 Å². The second kappa shape index (κ2) is 8.41. The average molecular weight is 402 g/mol. The van der Waals surface area contributed by atoms with Crippen LogP contribution in [0.3, 0.4) is 0 Å². The van der Waals surface area contributed by atoms with Crippen LogP contribution < -0.4 is 0 Å². The number of rotatable bonds is 5. The first kappa shape index (κ1) is 20.5. The Bertz CT molecular complexity index is 921. The van der Waals surface area contributed by atoms with Gasteiger partial charge in [0.2, 0.25) is 10.0 Å². The third kappa shape index (κ3) is 4.59. The first-order valence-corrected chi connectivity index (χ1v) is 11.0. The van der Waals surface area contributed by atoms with Crippen LogP contribution in [0.4, 0.5) is 0 Å². The third-order valence-electron chi connectivity index (χ3n) is 5.07. The lowest BCUT2D eigenvalue weighted by Crippen LogP contribution is -2.42. The summed E-state index contributed by atoms with van der Waals surface area (Å²) in [7, 11) is -1.91. The van der Waals surface area contributed by atoms with Gasteiger partial charge in [-0.15, -0.1) is 0 Å². The first-order chi connectivity index (χ1) is 13.3. The predicted octanol–water partition coefficient (Wildman–Crippen LogP) is 3.02. The Morgan fingerprint density at radius 3 is 2.43 bits per heavy atom. The van der Waals surface area contributed by atoms with Gasteiger partial charge in [0.15, 0.2) is 0 Å². The Kier molecular flexibility index (Phi) is 6.15. The zero-order valence-electron chi connectivity index (χ0n) is 16.6. The molecule has 1 saturated heterocycles. The van der Waals surface area contributed by atoms with Crippen molar-refractivity contribution in [1.82, 2.24) is 14.2 Å². The highest BCUT2D eigenvalue weighted by Gasteiger charge is 2.32. The first-order valence-electron chi connectivity index (χ1n) is 9.52. The van der Waals surface area contributed by atoms with E-state index in [1.807, 2.05) is 12.1 Å². The average Bonchev–Trinajstić information content (AvgIpc) is 2.67. The van der Waals surface area contributed by atoms with E-state index in [0.717, 1.165) is 12.0 Å². The number of sulfonamides is 1. The normalized spacial score (nSPS) is 20.7. The monoisotopic (exact) mass is 401 g/mol. The topological polar surface area (TPSA) is 70.6 Å². The maximum absolute atomic E-state index is 13.1. The molecule has 0 aliphatic carbocycles. The van der Waals surface area contributed by atoms with Crippen LogP contribution >= 0.6 is 0 Å². The highest BCUT2D eigenvalue weighted by Crippen LogP contribution is 2.27. The Labute approximate surface area is 167 Å². The number of benzene rings is 1. The van der Waals surface area contributed by atoms with Crippen molar-refractivity contribution >= 4 is 15.9 Å². The van der Waals surface area contributed by atoms with Crippen LogP contribution in [-0.4, -0.2) is 48.7 Å². The second-order valence-corrected chi connectivity index (χ2v) is 9.75. The number of aromatic nitrogens is 1. The summed E-state index contributed by atoms with van der Waals surface area (Å²) in [5.41, 5.74) is 1.33. The second-order valence-electron chi connectivity index (χ2n) is 7.81. The van der Waals surface area contributed by atoms with Gasteiger partial charge in [-0.05, 0) is 54.2 Å². The van der Waals surface area contributed by atoms with E-state index in [-0.39, 0.29) is 10.8 Å². The van der Waals surface area contributed by atoms with Crippen LogP contribution in [0.1, 0.15) is 36.2 Å². The molecule has 0 radical (unpaired) electrons. The maximum Gasteiger partial charge on any atom is 0.253 e. The van der Waals surface area contributed by atoms with Crippen LogP contribution in [0.25, 0.3) is 0 Å². The molecule has 2 atom stereocenters. The molecule has 28 heavy (non-hydrogen) atoms. The standard InChI is InChI=1S/C21H27N3O3S/c1-16-11-17(2)14-24(13-16)28(26,27)20-6-4-5-19(12-20)21(25)23(3)15-18-7-9-22-10-8-18/h4-10,12,16-17H,11,13-15H2,1-3H3. The molecule has 1 aromatic carbocycles. The number of hydrogen-bond acceptors (Lipinski definition) is 4. The largest absolute Gasteiger partial charge is 0.337 e. The van der Waals surface area contributed by atoms with Crippen LogP contribution in [0.15, 0.2) is 53.7 Å². The summed E-state index contributed by atoms with van der Waals surface area (Å²) in [6.45, 7) is 5.62. The summed E-state index contributed by atoms with van der Waals surface area (Å²) in [5.74, 6) is 0.443. The molecule has 1 amide bonds. The smallest absolute Gasteiger partial charge is 0.253 e. The van der Waals surface area contributed by atoms with E-state index in [9.17, 15) is 13.2 Å². The fraction of sp³-hybridized carbons (Fsp3) is 0.429. The fourth-order valence-electron chi connectivity index (χ4n) is 3.79. The molecule has 7 heteroatoms. The Morgan fingerprint density at radius 1 is 1.14 bits per heavy atom. The van der Waals surface area contributed by atoms with Gasteiger partial charge >= 0.3 is 0 Å². The minimum absolute atomic E-state index is 0.178. The van der Waals surface area contributed by atoms with E-state index in [1.54, 1.807) is 46.8 Å². The molecule has 1 aliphatic heterocycles. The molecule has 0 spiro atoms. The van der Waals surface area contributed by atoms with Crippen LogP contribution in [0.5, 0.6) is 0 Å². The van der Waals surface area contributed by atoms with E-state index in [1.165, 1.54) is 6.07 Å². The van der Waals surface area contributed by atoms with E-state index in [0.29, 0.717) is 37.0 Å². The Morgan fingerprint density at radius 2 is 1.79 bits per heavy atom. The minimum Gasteiger partial charge on any atom is -0.337 e. The van der Waals surface area contributed by atoms with Crippen molar-refractivity contribution in [3.8, 4) is 0 Å². The number of carbonyl (C=O) groups excluding carboxylic acids is 1. The van der Waals surface area contributed by atoms with Gasteiger partial charge in [0.05, 0.1) is 4.90 Å².